The summed E-state index contributed by atoms with van der Waals surface area (Å²) in [6, 6.07) is 0. The van der Waals surface area contributed by atoms with Gasteiger partial charge in [0, 0.05) is 25.6 Å². The molecule has 1 aliphatic heterocycles. The summed E-state index contributed by atoms with van der Waals surface area (Å²) >= 11 is 1.74. The maximum Gasteiger partial charge on any atom is 0.150 e. The van der Waals surface area contributed by atoms with Crippen LogP contribution in [-0.4, -0.2) is 37.8 Å². The fourth-order valence-corrected chi connectivity index (χ4v) is 4.41. The molecule has 1 fully saturated rings. The molecular weight excluding hydrogens is 308 g/mol. The molecule has 6 nitrogen and oxygen atoms in total. The molecule has 3 aromatic rings. The van der Waals surface area contributed by atoms with E-state index in [0.717, 1.165) is 49.6 Å². The van der Waals surface area contributed by atoms with Crippen LogP contribution in [0.25, 0.3) is 10.2 Å². The second-order valence-corrected chi connectivity index (χ2v) is 6.93. The van der Waals surface area contributed by atoms with Crippen molar-refractivity contribution in [2.45, 2.75) is 39.2 Å². The predicted molar refractivity (Wildman–Crippen MR) is 92.0 cm³/mol. The van der Waals surface area contributed by atoms with Crippen molar-refractivity contribution in [3.63, 3.8) is 0 Å². The number of hydrogen-bond acceptors (Lipinski definition) is 6. The molecule has 1 atom stereocenters. The van der Waals surface area contributed by atoms with Crippen LogP contribution in [0.3, 0.4) is 0 Å². The van der Waals surface area contributed by atoms with Crippen LogP contribution in [0.5, 0.6) is 0 Å². The Morgan fingerprint density at radius 2 is 2.26 bits per heavy atom. The van der Waals surface area contributed by atoms with Gasteiger partial charge in [0.05, 0.1) is 10.2 Å². The van der Waals surface area contributed by atoms with Gasteiger partial charge < -0.3 is 9.47 Å². The maximum absolute atomic E-state index is 4.58. The number of aryl methyl sites for hydroxylation is 2. The standard InChI is InChI=1S/C16H20N6S/c1-3-21-10-19-20-15(21)12-5-4-6-22(7-12)16-14-13(17-9-18-16)11(2)8-23-14/h8-10,12H,3-7H2,1-2H3. The van der Waals surface area contributed by atoms with Gasteiger partial charge in [-0.1, -0.05) is 0 Å². The summed E-state index contributed by atoms with van der Waals surface area (Å²) in [4.78, 5) is 11.4. The van der Waals surface area contributed by atoms with E-state index in [1.807, 2.05) is 6.33 Å². The molecule has 0 amide bonds. The Kier molecular flexibility index (Phi) is 3.72. The number of aromatic nitrogens is 5. The number of rotatable bonds is 3. The molecule has 120 valence electrons. The third-order valence-electron chi connectivity index (χ3n) is 4.58. The molecule has 1 unspecified atom stereocenters. The highest BCUT2D eigenvalue weighted by atomic mass is 32.1. The molecule has 0 aromatic carbocycles. The predicted octanol–water partition coefficient (Wildman–Crippen LogP) is 3.00. The Bertz CT molecular complexity index is 823. The molecule has 0 aliphatic carbocycles. The molecule has 0 radical (unpaired) electrons. The molecule has 4 heterocycles. The van der Waals surface area contributed by atoms with Crippen LogP contribution in [0.4, 0.5) is 5.82 Å². The third kappa shape index (κ3) is 2.49. The Morgan fingerprint density at radius 3 is 3.13 bits per heavy atom. The minimum absolute atomic E-state index is 0.414. The van der Waals surface area contributed by atoms with Crippen LogP contribution in [0.1, 0.15) is 37.1 Å². The number of nitrogens with zero attached hydrogens (tertiary/aromatic N) is 6. The molecule has 1 saturated heterocycles. The van der Waals surface area contributed by atoms with Gasteiger partial charge in [0.2, 0.25) is 0 Å². The van der Waals surface area contributed by atoms with Crippen LogP contribution in [0.15, 0.2) is 18.0 Å². The monoisotopic (exact) mass is 328 g/mol. The van der Waals surface area contributed by atoms with Crippen LogP contribution in [-0.2, 0) is 6.54 Å². The van der Waals surface area contributed by atoms with E-state index in [1.165, 1.54) is 10.3 Å². The highest BCUT2D eigenvalue weighted by molar-refractivity contribution is 7.18. The molecule has 0 bridgehead atoms. The van der Waals surface area contributed by atoms with E-state index in [0.29, 0.717) is 5.92 Å². The van der Waals surface area contributed by atoms with Crippen LogP contribution >= 0.6 is 11.3 Å². The van der Waals surface area contributed by atoms with Crippen LogP contribution in [0.2, 0.25) is 0 Å². The van der Waals surface area contributed by atoms with E-state index in [-0.39, 0.29) is 0 Å². The minimum atomic E-state index is 0.414. The van der Waals surface area contributed by atoms with E-state index in [4.69, 9.17) is 0 Å². The van der Waals surface area contributed by atoms with Crippen molar-refractivity contribution in [1.82, 2.24) is 24.7 Å². The smallest absolute Gasteiger partial charge is 0.150 e. The number of fused-ring (bicyclic) bond motifs is 1. The van der Waals surface area contributed by atoms with E-state index >= 15 is 0 Å². The first-order valence-electron chi connectivity index (χ1n) is 8.09. The van der Waals surface area contributed by atoms with Gasteiger partial charge in [0.1, 0.15) is 24.3 Å². The van der Waals surface area contributed by atoms with Crippen LogP contribution < -0.4 is 4.90 Å². The summed E-state index contributed by atoms with van der Waals surface area (Å²) in [5.74, 6) is 2.59. The average molecular weight is 328 g/mol. The highest BCUT2D eigenvalue weighted by Crippen LogP contribution is 2.34. The zero-order valence-electron chi connectivity index (χ0n) is 13.4. The molecule has 7 heteroatoms. The van der Waals surface area contributed by atoms with Crippen molar-refractivity contribution in [2.24, 2.45) is 0 Å². The quantitative estimate of drug-likeness (QED) is 0.740. The Hall–Kier alpha value is -2.02. The first-order valence-corrected chi connectivity index (χ1v) is 8.97. The Labute approximate surface area is 139 Å². The molecule has 0 saturated carbocycles. The lowest BCUT2D eigenvalue weighted by atomic mass is 9.97. The first-order chi connectivity index (χ1) is 11.3. The van der Waals surface area contributed by atoms with Gasteiger partial charge in [0.15, 0.2) is 0 Å². The fraction of sp³-hybridized carbons (Fsp3) is 0.500. The summed E-state index contributed by atoms with van der Waals surface area (Å²) in [5, 5.41) is 10.6. The molecule has 4 rings (SSSR count). The lowest BCUT2D eigenvalue weighted by Gasteiger charge is -2.33. The SMILES string of the molecule is CCn1cnnc1C1CCCN(c2ncnc3c(C)csc23)C1. The number of hydrogen-bond donors (Lipinski definition) is 0. The number of anilines is 1. The topological polar surface area (TPSA) is 59.7 Å². The van der Waals surface area contributed by atoms with Crippen molar-refractivity contribution < 1.29 is 0 Å². The Morgan fingerprint density at radius 1 is 1.35 bits per heavy atom. The molecule has 1 aliphatic rings. The van der Waals surface area contributed by atoms with Gasteiger partial charge in [-0.2, -0.15) is 0 Å². The lowest BCUT2D eigenvalue weighted by Crippen LogP contribution is -2.36. The van der Waals surface area contributed by atoms with Gasteiger partial charge in [-0.25, -0.2) is 9.97 Å². The first kappa shape index (κ1) is 14.6. The largest absolute Gasteiger partial charge is 0.355 e. The van der Waals surface area contributed by atoms with Crippen molar-refractivity contribution in [3.05, 3.63) is 29.4 Å². The van der Waals surface area contributed by atoms with Gasteiger partial charge in [-0.15, -0.1) is 21.5 Å². The van der Waals surface area contributed by atoms with Gasteiger partial charge in [-0.05, 0) is 37.6 Å². The molecule has 3 aromatic heterocycles. The van der Waals surface area contributed by atoms with Crippen molar-refractivity contribution in [1.29, 1.82) is 0 Å². The normalized spacial score (nSPS) is 18.7. The molecule has 0 N–H and O–H groups in total. The Balaban J connectivity index is 1.66. The number of piperidine rings is 1. The van der Waals surface area contributed by atoms with Crippen molar-refractivity contribution in [2.75, 3.05) is 18.0 Å². The zero-order chi connectivity index (χ0) is 15.8. The third-order valence-corrected chi connectivity index (χ3v) is 5.67. The van der Waals surface area contributed by atoms with E-state index in [9.17, 15) is 0 Å². The van der Waals surface area contributed by atoms with E-state index < -0.39 is 0 Å². The molecular formula is C16H20N6S. The minimum Gasteiger partial charge on any atom is -0.355 e. The maximum atomic E-state index is 4.58. The number of thiophene rings is 1. The van der Waals surface area contributed by atoms with Crippen molar-refractivity contribution in [3.8, 4) is 0 Å². The summed E-state index contributed by atoms with van der Waals surface area (Å²) in [6.45, 7) is 7.15. The summed E-state index contributed by atoms with van der Waals surface area (Å²) in [7, 11) is 0. The van der Waals surface area contributed by atoms with Gasteiger partial charge >= 0.3 is 0 Å². The highest BCUT2D eigenvalue weighted by Gasteiger charge is 2.27. The second kappa shape index (κ2) is 5.88. The fourth-order valence-electron chi connectivity index (χ4n) is 3.39. The van der Waals surface area contributed by atoms with Crippen LogP contribution in [0, 0.1) is 6.92 Å². The van der Waals surface area contributed by atoms with Gasteiger partial charge in [0.25, 0.3) is 0 Å². The zero-order valence-corrected chi connectivity index (χ0v) is 14.3. The summed E-state index contributed by atoms with van der Waals surface area (Å²) in [5.41, 5.74) is 2.31. The lowest BCUT2D eigenvalue weighted by molar-refractivity contribution is 0.472. The summed E-state index contributed by atoms with van der Waals surface area (Å²) in [6.07, 6.45) is 5.83. The average Bonchev–Trinajstić information content (AvgIpc) is 3.22. The van der Waals surface area contributed by atoms with Crippen molar-refractivity contribution >= 4 is 27.4 Å². The van der Waals surface area contributed by atoms with E-state index in [2.05, 4.69) is 48.9 Å². The summed E-state index contributed by atoms with van der Waals surface area (Å²) < 4.78 is 3.35. The van der Waals surface area contributed by atoms with Gasteiger partial charge in [-0.3, -0.25) is 0 Å². The van der Waals surface area contributed by atoms with E-state index in [1.54, 1.807) is 17.7 Å². The molecule has 0 spiro atoms. The molecule has 23 heavy (non-hydrogen) atoms. The second-order valence-electron chi connectivity index (χ2n) is 6.05.